The molecule has 2 aliphatic carbocycles. The van der Waals surface area contributed by atoms with Crippen LogP contribution in [0.1, 0.15) is 75.2 Å². The molecular weight excluding hydrogens is 543 g/mol. The average Bonchev–Trinajstić information content (AvgIpc) is 3.58. The van der Waals surface area contributed by atoms with Crippen molar-refractivity contribution >= 4 is 37.0 Å². The van der Waals surface area contributed by atoms with E-state index in [0.29, 0.717) is 6.42 Å². The lowest BCUT2D eigenvalue weighted by atomic mass is 10.0. The second-order valence-electron chi connectivity index (χ2n) is 12.5. The van der Waals surface area contributed by atoms with Gasteiger partial charge >= 0.3 is 10.3 Å². The predicted molar refractivity (Wildman–Crippen MR) is 164 cm³/mol. The van der Waals surface area contributed by atoms with Gasteiger partial charge in [-0.05, 0) is 80.1 Å². The molecule has 0 saturated heterocycles. The first-order chi connectivity index (χ1) is 18.7. The Morgan fingerprint density at radius 2 is 1.95 bits per heavy atom. The van der Waals surface area contributed by atoms with Gasteiger partial charge in [-0.15, -0.1) is 0 Å². The minimum Gasteiger partial charge on any atom is -0.414 e. The van der Waals surface area contributed by atoms with E-state index >= 15 is 0 Å². The number of rotatable bonds is 10. The van der Waals surface area contributed by atoms with Gasteiger partial charge in [-0.3, -0.25) is 9.18 Å². The molecule has 0 bridgehead atoms. The summed E-state index contributed by atoms with van der Waals surface area (Å²) in [6, 6.07) is 10.9. The molecule has 2 aliphatic rings. The fraction of sp³-hybridized carbons (Fsp3) is 0.586. The van der Waals surface area contributed by atoms with Crippen molar-refractivity contribution in [3.8, 4) is 0 Å². The molecule has 220 valence electrons. The van der Waals surface area contributed by atoms with Crippen LogP contribution in [0.2, 0.25) is 18.1 Å². The minimum atomic E-state index is -3.99. The summed E-state index contributed by atoms with van der Waals surface area (Å²) in [6.45, 7) is 15.1. The van der Waals surface area contributed by atoms with Crippen LogP contribution in [0.5, 0.6) is 0 Å². The Labute approximate surface area is 240 Å². The lowest BCUT2D eigenvalue weighted by Crippen LogP contribution is -2.45. The maximum atomic E-state index is 11.4. The summed E-state index contributed by atoms with van der Waals surface area (Å²) in [6.07, 6.45) is 6.26. The Hall–Kier alpha value is -2.31. The van der Waals surface area contributed by atoms with E-state index in [1.54, 1.807) is 7.05 Å². The number of nitrogens with two attached hydrogens (primary N) is 1. The third-order valence-electron chi connectivity index (χ3n) is 8.95. The van der Waals surface area contributed by atoms with Crippen LogP contribution in [0.25, 0.3) is 0 Å². The predicted octanol–water partition coefficient (Wildman–Crippen LogP) is 5.43. The number of nitrogens with zero attached hydrogens (tertiary/aromatic N) is 3. The molecule has 0 aliphatic heterocycles. The number of nitrogens with one attached hydrogen (secondary N) is 1. The first kappa shape index (κ1) is 30.6. The van der Waals surface area contributed by atoms with Gasteiger partial charge < -0.3 is 14.3 Å². The molecule has 9 nitrogen and oxygen atoms in total. The molecule has 2 aromatic rings. The summed E-state index contributed by atoms with van der Waals surface area (Å²) in [4.78, 5) is 9.07. The van der Waals surface area contributed by atoms with Crippen molar-refractivity contribution in [2.24, 2.45) is 21.0 Å². The number of fused-ring (bicyclic) bond motifs is 1. The maximum absolute atomic E-state index is 11.4. The van der Waals surface area contributed by atoms with E-state index in [9.17, 15) is 8.42 Å². The van der Waals surface area contributed by atoms with Crippen LogP contribution < -0.4 is 10.5 Å². The van der Waals surface area contributed by atoms with Crippen LogP contribution >= 0.6 is 0 Å². The van der Waals surface area contributed by atoms with Crippen LogP contribution in [-0.2, 0) is 25.3 Å². The summed E-state index contributed by atoms with van der Waals surface area (Å²) in [7, 11) is -4.25. The van der Waals surface area contributed by atoms with Gasteiger partial charge in [-0.25, -0.2) is 10.1 Å². The third kappa shape index (κ3) is 6.76. The number of benzene rings is 1. The maximum Gasteiger partial charge on any atom is 0.333 e. The Morgan fingerprint density at radius 3 is 2.60 bits per heavy atom. The highest BCUT2D eigenvalue weighted by Crippen LogP contribution is 2.46. The van der Waals surface area contributed by atoms with Crippen LogP contribution in [0, 0.1) is 5.92 Å². The molecule has 0 radical (unpaired) electrons. The van der Waals surface area contributed by atoms with E-state index in [1.165, 1.54) is 11.1 Å². The van der Waals surface area contributed by atoms with Crippen LogP contribution in [0.4, 0.5) is 5.82 Å². The zero-order chi connectivity index (χ0) is 29.3. The normalized spacial score (nSPS) is 23.8. The molecule has 1 aromatic carbocycles. The zero-order valence-corrected chi connectivity index (χ0v) is 26.5. The molecule has 3 N–H and O–H groups in total. The number of amidine groups is 1. The number of aromatic nitrogens is 1. The SMILES string of the molecule is C=Nc1c(/C(=N\C)N[C@H]2CCc3ccccc32)ccn1[C@@H]1C[C@@H](CCOS(N)(=O)=O)[C@@H](O[Si](C)(C)C(C)(C)C)C1. The largest absolute Gasteiger partial charge is 0.414 e. The lowest BCUT2D eigenvalue weighted by molar-refractivity contribution is 0.124. The Bertz CT molecular complexity index is 1350. The Kier molecular flexibility index (Phi) is 9.11. The van der Waals surface area contributed by atoms with Gasteiger partial charge in [0.1, 0.15) is 11.7 Å². The molecule has 0 amide bonds. The van der Waals surface area contributed by atoms with Crippen LogP contribution in [0.3, 0.4) is 0 Å². The molecule has 11 heteroatoms. The molecule has 4 rings (SSSR count). The van der Waals surface area contributed by atoms with E-state index in [2.05, 4.69) is 97.0 Å². The highest BCUT2D eigenvalue weighted by Gasteiger charge is 2.44. The first-order valence-corrected chi connectivity index (χ1v) is 18.5. The highest BCUT2D eigenvalue weighted by molar-refractivity contribution is 7.84. The smallest absolute Gasteiger partial charge is 0.333 e. The van der Waals surface area contributed by atoms with Gasteiger partial charge in [0.15, 0.2) is 8.32 Å². The van der Waals surface area contributed by atoms with Gasteiger partial charge in [0.2, 0.25) is 0 Å². The van der Waals surface area contributed by atoms with Gasteiger partial charge in [-0.2, -0.15) is 8.42 Å². The summed E-state index contributed by atoms with van der Waals surface area (Å²) in [5.74, 6) is 1.70. The number of hydrogen-bond acceptors (Lipinski definition) is 6. The van der Waals surface area contributed by atoms with Crippen molar-refractivity contribution < 1.29 is 17.0 Å². The summed E-state index contributed by atoms with van der Waals surface area (Å²) in [5, 5.41) is 8.81. The molecule has 1 aromatic heterocycles. The van der Waals surface area contributed by atoms with Gasteiger partial charge in [0, 0.05) is 25.4 Å². The monoisotopic (exact) mass is 587 g/mol. The van der Waals surface area contributed by atoms with Gasteiger partial charge in [0.05, 0.1) is 18.2 Å². The number of aliphatic imine (C=N–C) groups is 2. The second-order valence-corrected chi connectivity index (χ2v) is 18.5. The van der Waals surface area contributed by atoms with Crippen molar-refractivity contribution in [3.05, 3.63) is 53.2 Å². The van der Waals surface area contributed by atoms with Crippen molar-refractivity contribution in [2.75, 3.05) is 13.7 Å². The minimum absolute atomic E-state index is 0.0223. The Balaban J connectivity index is 1.56. The standard InChI is InChI=1S/C29H45N5O4SSi/c1-29(2,3)40(6,7)38-26-19-22(18-21(26)15-17-37-39(30,35)36)34-16-14-24(28(34)32-5)27(31-4)33-25-13-12-20-10-8-9-11-23(20)25/h8-11,14,16,21-22,25-26H,5,12-13,15,17-19H2,1-4,6-7H3,(H,31,33)(H2,30,35,36)/t21-,22-,25+,26+/m1/s1. The number of aryl methyl sites for hydroxylation is 1. The van der Waals surface area contributed by atoms with E-state index in [1.807, 2.05) is 0 Å². The molecule has 0 spiro atoms. The zero-order valence-electron chi connectivity index (χ0n) is 24.7. The average molecular weight is 588 g/mol. The molecule has 40 heavy (non-hydrogen) atoms. The van der Waals surface area contributed by atoms with Crippen LogP contribution in [0.15, 0.2) is 46.5 Å². The van der Waals surface area contributed by atoms with E-state index < -0.39 is 18.6 Å². The first-order valence-electron chi connectivity index (χ1n) is 14.1. The van der Waals surface area contributed by atoms with Gasteiger partial charge in [0.25, 0.3) is 0 Å². The van der Waals surface area contributed by atoms with E-state index in [0.717, 1.165) is 42.9 Å². The highest BCUT2D eigenvalue weighted by atomic mass is 32.2. The fourth-order valence-corrected chi connectivity index (χ4v) is 7.55. The molecule has 4 atom stereocenters. The van der Waals surface area contributed by atoms with Gasteiger partial charge in [-0.1, -0.05) is 45.0 Å². The summed E-state index contributed by atoms with van der Waals surface area (Å²) < 4.78 is 36.8. The molecule has 1 fully saturated rings. The Morgan fingerprint density at radius 1 is 1.23 bits per heavy atom. The number of hydrogen-bond donors (Lipinski definition) is 2. The fourth-order valence-electron chi connectivity index (χ4n) is 5.82. The lowest BCUT2D eigenvalue weighted by Gasteiger charge is -2.40. The van der Waals surface area contributed by atoms with Crippen molar-refractivity contribution in [1.29, 1.82) is 0 Å². The third-order valence-corrected chi connectivity index (χ3v) is 13.9. The molecule has 1 heterocycles. The van der Waals surface area contributed by atoms with E-state index in [-0.39, 0.29) is 35.8 Å². The quantitative estimate of drug-likeness (QED) is 0.218. The van der Waals surface area contributed by atoms with Crippen molar-refractivity contribution in [2.45, 2.75) is 89.2 Å². The van der Waals surface area contributed by atoms with Crippen molar-refractivity contribution in [1.82, 2.24) is 9.88 Å². The molecular formula is C29H45N5O4SSi. The van der Waals surface area contributed by atoms with Crippen molar-refractivity contribution in [3.63, 3.8) is 0 Å². The molecule has 0 unspecified atom stereocenters. The van der Waals surface area contributed by atoms with Crippen LogP contribution in [-0.4, -0.2) is 53.6 Å². The topological polar surface area (TPSA) is 120 Å². The summed E-state index contributed by atoms with van der Waals surface area (Å²) in [5.41, 5.74) is 3.62. The summed E-state index contributed by atoms with van der Waals surface area (Å²) >= 11 is 0. The molecule has 1 saturated carbocycles. The second kappa shape index (κ2) is 11.9. The van der Waals surface area contributed by atoms with E-state index in [4.69, 9.17) is 13.7 Å².